The number of rotatable bonds is 7. The zero-order chi connectivity index (χ0) is 22.6. The van der Waals surface area contributed by atoms with E-state index in [9.17, 15) is 26.8 Å². The number of hydrogen-bond donors (Lipinski definition) is 1. The number of carbonyl (C=O) groups excluding carboxylic acids is 2. The van der Waals surface area contributed by atoms with E-state index in [2.05, 4.69) is 10.3 Å². The van der Waals surface area contributed by atoms with E-state index in [1.54, 1.807) is 19.1 Å². The Morgan fingerprint density at radius 2 is 1.84 bits per heavy atom. The van der Waals surface area contributed by atoms with Gasteiger partial charge in [-0.15, -0.1) is 11.3 Å². The molecule has 11 heteroatoms. The van der Waals surface area contributed by atoms with E-state index in [1.165, 1.54) is 11.3 Å². The van der Waals surface area contributed by atoms with E-state index in [-0.39, 0.29) is 11.3 Å². The van der Waals surface area contributed by atoms with Crippen molar-refractivity contribution in [3.8, 4) is 10.6 Å². The standard InChI is InChI=1S/C20H16F2N2O5S2/c1-12-15(8-9-16(23-12)17-3-2-10-30-17)19(26)29-11-18(25)24-13-4-6-14(7-5-13)31(27,28)20(21)22/h2-10,20H,11H2,1H3,(H,24,25). The normalized spacial score (nSPS) is 11.4. The molecule has 3 aromatic rings. The van der Waals surface area contributed by atoms with Crippen LogP contribution in [0.5, 0.6) is 0 Å². The zero-order valence-electron chi connectivity index (χ0n) is 16.0. The Morgan fingerprint density at radius 3 is 2.42 bits per heavy atom. The van der Waals surface area contributed by atoms with E-state index < -0.39 is 39.0 Å². The zero-order valence-corrected chi connectivity index (χ0v) is 17.7. The van der Waals surface area contributed by atoms with Gasteiger partial charge < -0.3 is 10.1 Å². The first-order chi connectivity index (χ1) is 14.7. The second kappa shape index (κ2) is 9.31. The molecular weight excluding hydrogens is 450 g/mol. The third-order valence-corrected chi connectivity index (χ3v) is 6.41. The molecule has 1 N–H and O–H groups in total. The number of nitrogens with zero attached hydrogens (tertiary/aromatic N) is 1. The van der Waals surface area contributed by atoms with Gasteiger partial charge in [-0.25, -0.2) is 13.2 Å². The van der Waals surface area contributed by atoms with Crippen LogP contribution in [0.4, 0.5) is 14.5 Å². The molecule has 0 aliphatic carbocycles. The van der Waals surface area contributed by atoms with Crippen LogP contribution in [0.25, 0.3) is 10.6 Å². The number of ether oxygens (including phenoxy) is 1. The molecule has 7 nitrogen and oxygen atoms in total. The largest absolute Gasteiger partial charge is 0.452 e. The smallest absolute Gasteiger partial charge is 0.341 e. The van der Waals surface area contributed by atoms with Gasteiger partial charge in [-0.2, -0.15) is 8.78 Å². The Bertz CT molecular complexity index is 1190. The molecule has 2 aromatic heterocycles. The van der Waals surface area contributed by atoms with E-state index in [0.29, 0.717) is 5.69 Å². The fourth-order valence-electron chi connectivity index (χ4n) is 2.58. The van der Waals surface area contributed by atoms with Crippen LogP contribution in [0.2, 0.25) is 0 Å². The molecule has 0 saturated carbocycles. The highest BCUT2D eigenvalue weighted by molar-refractivity contribution is 7.91. The van der Waals surface area contributed by atoms with Gasteiger partial charge >= 0.3 is 11.7 Å². The van der Waals surface area contributed by atoms with Crippen LogP contribution >= 0.6 is 11.3 Å². The number of thiophene rings is 1. The average Bonchev–Trinajstić information content (AvgIpc) is 3.27. The summed E-state index contributed by atoms with van der Waals surface area (Å²) in [5.41, 5.74) is 1.55. The molecule has 0 unspecified atom stereocenters. The Labute approximate surface area is 180 Å². The monoisotopic (exact) mass is 466 g/mol. The lowest BCUT2D eigenvalue weighted by Gasteiger charge is -2.09. The first-order valence-electron chi connectivity index (χ1n) is 8.79. The predicted molar refractivity (Wildman–Crippen MR) is 111 cm³/mol. The summed E-state index contributed by atoms with van der Waals surface area (Å²) < 4.78 is 52.9. The maximum Gasteiger partial charge on any atom is 0.341 e. The van der Waals surface area contributed by atoms with Crippen molar-refractivity contribution in [2.45, 2.75) is 17.6 Å². The van der Waals surface area contributed by atoms with Crippen LogP contribution in [-0.2, 0) is 19.4 Å². The molecule has 0 atom stereocenters. The van der Waals surface area contributed by atoms with Crippen LogP contribution < -0.4 is 5.32 Å². The highest BCUT2D eigenvalue weighted by Crippen LogP contribution is 2.24. The number of benzene rings is 1. The number of anilines is 1. The Balaban J connectivity index is 1.58. The Kier molecular flexibility index (Phi) is 6.76. The summed E-state index contributed by atoms with van der Waals surface area (Å²) in [6.07, 6.45) is 0. The third kappa shape index (κ3) is 5.30. The molecule has 2 heterocycles. The minimum atomic E-state index is -4.72. The van der Waals surface area contributed by atoms with Crippen molar-refractivity contribution >= 4 is 38.7 Å². The first-order valence-corrected chi connectivity index (χ1v) is 11.2. The molecule has 0 saturated heterocycles. The molecule has 0 bridgehead atoms. The number of amides is 1. The summed E-state index contributed by atoms with van der Waals surface area (Å²) in [5, 5.41) is 4.30. The van der Waals surface area contributed by atoms with Crippen molar-refractivity contribution in [3.05, 3.63) is 65.2 Å². The summed E-state index contributed by atoms with van der Waals surface area (Å²) in [5.74, 6) is -4.94. The van der Waals surface area contributed by atoms with Crippen LogP contribution in [0, 0.1) is 6.92 Å². The van der Waals surface area contributed by atoms with E-state index in [1.807, 2.05) is 17.5 Å². The Hall–Kier alpha value is -3.18. The van der Waals surface area contributed by atoms with E-state index in [0.717, 1.165) is 34.8 Å². The van der Waals surface area contributed by atoms with Crippen molar-refractivity contribution in [1.82, 2.24) is 4.98 Å². The average molecular weight is 466 g/mol. The first kappa shape index (κ1) is 22.5. The van der Waals surface area contributed by atoms with Crippen LogP contribution in [0.1, 0.15) is 16.1 Å². The lowest BCUT2D eigenvalue weighted by Crippen LogP contribution is -2.21. The lowest BCUT2D eigenvalue weighted by molar-refractivity contribution is -0.119. The molecule has 162 valence electrons. The number of alkyl halides is 2. The molecule has 0 aliphatic heterocycles. The minimum absolute atomic E-state index is 0.160. The number of aryl methyl sites for hydroxylation is 1. The van der Waals surface area contributed by atoms with Crippen LogP contribution in [-0.4, -0.2) is 37.6 Å². The number of nitrogens with one attached hydrogen (secondary N) is 1. The summed E-state index contributed by atoms with van der Waals surface area (Å²) in [4.78, 5) is 29.0. The summed E-state index contributed by atoms with van der Waals surface area (Å²) in [6, 6.07) is 11.3. The second-order valence-corrected chi connectivity index (χ2v) is 9.13. The summed E-state index contributed by atoms with van der Waals surface area (Å²) in [6.45, 7) is 1.06. The Morgan fingerprint density at radius 1 is 1.13 bits per heavy atom. The number of hydrogen-bond acceptors (Lipinski definition) is 7. The maximum atomic E-state index is 12.5. The molecule has 0 fully saturated rings. The lowest BCUT2D eigenvalue weighted by atomic mass is 10.2. The number of sulfone groups is 1. The number of esters is 1. The molecule has 1 amide bonds. The van der Waals surface area contributed by atoms with Crippen molar-refractivity contribution < 1.29 is 31.5 Å². The molecule has 0 radical (unpaired) electrons. The van der Waals surface area contributed by atoms with Gasteiger partial charge in [-0.05, 0) is 54.8 Å². The van der Waals surface area contributed by atoms with Crippen molar-refractivity contribution in [2.75, 3.05) is 11.9 Å². The van der Waals surface area contributed by atoms with Gasteiger partial charge in [0.2, 0.25) is 9.84 Å². The second-order valence-electron chi connectivity index (χ2n) is 6.26. The summed E-state index contributed by atoms with van der Waals surface area (Å²) in [7, 11) is -4.72. The van der Waals surface area contributed by atoms with Crippen molar-refractivity contribution in [1.29, 1.82) is 0 Å². The number of carbonyl (C=O) groups is 2. The quantitative estimate of drug-likeness (QED) is 0.530. The van der Waals surface area contributed by atoms with Gasteiger partial charge in [0.1, 0.15) is 0 Å². The van der Waals surface area contributed by atoms with Gasteiger partial charge in [-0.1, -0.05) is 6.07 Å². The highest BCUT2D eigenvalue weighted by atomic mass is 32.2. The van der Waals surface area contributed by atoms with Gasteiger partial charge in [0.05, 0.1) is 26.7 Å². The predicted octanol–water partition coefficient (Wildman–Crippen LogP) is 3.91. The van der Waals surface area contributed by atoms with Crippen LogP contribution in [0.15, 0.2) is 58.8 Å². The molecule has 0 spiro atoms. The van der Waals surface area contributed by atoms with E-state index in [4.69, 9.17) is 4.74 Å². The fourth-order valence-corrected chi connectivity index (χ4v) is 3.99. The number of aromatic nitrogens is 1. The van der Waals surface area contributed by atoms with Gasteiger partial charge in [-0.3, -0.25) is 9.78 Å². The molecule has 31 heavy (non-hydrogen) atoms. The van der Waals surface area contributed by atoms with Crippen molar-refractivity contribution in [3.63, 3.8) is 0 Å². The van der Waals surface area contributed by atoms with Gasteiger partial charge in [0, 0.05) is 5.69 Å². The van der Waals surface area contributed by atoms with Gasteiger partial charge in [0.25, 0.3) is 5.91 Å². The number of pyridine rings is 1. The van der Waals surface area contributed by atoms with E-state index >= 15 is 0 Å². The summed E-state index contributed by atoms with van der Waals surface area (Å²) >= 11 is 1.52. The third-order valence-electron chi connectivity index (χ3n) is 4.11. The molecule has 3 rings (SSSR count). The van der Waals surface area contributed by atoms with Crippen LogP contribution in [0.3, 0.4) is 0 Å². The van der Waals surface area contributed by atoms with Crippen molar-refractivity contribution in [2.24, 2.45) is 0 Å². The SMILES string of the molecule is Cc1nc(-c2cccs2)ccc1C(=O)OCC(=O)Nc1ccc(S(=O)(=O)C(F)F)cc1. The minimum Gasteiger partial charge on any atom is -0.452 e. The molecular formula is C20H16F2N2O5S2. The fraction of sp³-hybridized carbons (Fsp3) is 0.150. The highest BCUT2D eigenvalue weighted by Gasteiger charge is 2.26. The molecule has 0 aliphatic rings. The number of halogens is 2. The molecule has 1 aromatic carbocycles. The maximum absolute atomic E-state index is 12.5. The topological polar surface area (TPSA) is 102 Å². The van der Waals surface area contributed by atoms with Gasteiger partial charge in [0.15, 0.2) is 6.61 Å².